The lowest BCUT2D eigenvalue weighted by molar-refractivity contribution is -0.123. The third kappa shape index (κ3) is 2.38. The summed E-state index contributed by atoms with van der Waals surface area (Å²) in [6, 6.07) is 0. The second-order valence-electron chi connectivity index (χ2n) is 5.15. The Hall–Kier alpha value is -0.680. The highest BCUT2D eigenvalue weighted by Gasteiger charge is 2.36. The minimum absolute atomic E-state index is 0.256. The van der Waals surface area contributed by atoms with Crippen LogP contribution in [0.1, 0.15) is 38.1 Å². The van der Waals surface area contributed by atoms with Gasteiger partial charge in [0.25, 0.3) is 0 Å². The first-order valence-corrected chi connectivity index (χ1v) is 7.26. The molecule has 1 aliphatic heterocycles. The molecule has 18 heavy (non-hydrogen) atoms. The number of carbonyl (C=O) groups excluding carboxylic acids is 1. The lowest BCUT2D eigenvalue weighted by Crippen LogP contribution is -2.45. The average molecular weight is 314 g/mol. The zero-order valence-corrected chi connectivity index (χ0v) is 12.8. The summed E-state index contributed by atoms with van der Waals surface area (Å²) >= 11 is 3.56. The van der Waals surface area contributed by atoms with Crippen molar-refractivity contribution in [3.05, 3.63) is 15.9 Å². The third-order valence-electron chi connectivity index (χ3n) is 3.82. The van der Waals surface area contributed by atoms with Gasteiger partial charge in [0, 0.05) is 7.05 Å². The predicted octanol–water partition coefficient (Wildman–Crippen LogP) is 2.00. The van der Waals surface area contributed by atoms with Crippen molar-refractivity contribution in [1.29, 1.82) is 0 Å². The first-order valence-electron chi connectivity index (χ1n) is 6.46. The molecule has 1 atom stereocenters. The molecule has 1 aliphatic rings. The first kappa shape index (κ1) is 13.7. The highest BCUT2D eigenvalue weighted by atomic mass is 79.9. The summed E-state index contributed by atoms with van der Waals surface area (Å²) in [5.74, 6) is 0.256. The van der Waals surface area contributed by atoms with E-state index >= 15 is 0 Å². The van der Waals surface area contributed by atoms with Crippen LogP contribution >= 0.6 is 15.9 Å². The molecule has 1 fully saturated rings. The maximum absolute atomic E-state index is 12.4. The van der Waals surface area contributed by atoms with Crippen LogP contribution in [-0.2, 0) is 24.7 Å². The molecule has 1 N–H and O–H groups in total. The van der Waals surface area contributed by atoms with Crippen molar-refractivity contribution < 1.29 is 4.79 Å². The van der Waals surface area contributed by atoms with Crippen LogP contribution < -0.4 is 5.32 Å². The van der Waals surface area contributed by atoms with Crippen LogP contribution in [0.2, 0.25) is 0 Å². The van der Waals surface area contributed by atoms with Gasteiger partial charge in [-0.1, -0.05) is 6.92 Å². The number of nitrogens with zero attached hydrogens (tertiary/aromatic N) is 2. The van der Waals surface area contributed by atoms with Crippen LogP contribution in [0.15, 0.2) is 4.47 Å². The monoisotopic (exact) mass is 313 g/mol. The quantitative estimate of drug-likeness (QED) is 0.925. The van der Waals surface area contributed by atoms with Crippen molar-refractivity contribution in [2.24, 2.45) is 7.05 Å². The summed E-state index contributed by atoms with van der Waals surface area (Å²) in [5, 5.41) is 7.75. The number of aromatic nitrogens is 2. The molecule has 2 heterocycles. The summed E-state index contributed by atoms with van der Waals surface area (Å²) in [5.41, 5.74) is 1.65. The first-order chi connectivity index (χ1) is 8.48. The van der Waals surface area contributed by atoms with Crippen molar-refractivity contribution in [2.45, 2.75) is 45.1 Å². The molecule has 0 aliphatic carbocycles. The van der Waals surface area contributed by atoms with E-state index in [9.17, 15) is 4.79 Å². The van der Waals surface area contributed by atoms with Crippen LogP contribution in [0.5, 0.6) is 0 Å². The molecule has 2 rings (SSSR count). The molecule has 0 bridgehead atoms. The molecular weight excluding hydrogens is 294 g/mol. The third-order valence-corrected chi connectivity index (χ3v) is 4.73. The van der Waals surface area contributed by atoms with Gasteiger partial charge < -0.3 is 5.32 Å². The summed E-state index contributed by atoms with van der Waals surface area (Å²) in [6.07, 6.45) is 3.32. The van der Waals surface area contributed by atoms with Crippen LogP contribution in [0.4, 0.5) is 0 Å². The van der Waals surface area contributed by atoms with Crippen molar-refractivity contribution >= 4 is 21.7 Å². The molecule has 0 spiro atoms. The van der Waals surface area contributed by atoms with Crippen molar-refractivity contribution in [3.63, 3.8) is 0 Å². The van der Waals surface area contributed by atoms with Gasteiger partial charge in [0.2, 0.25) is 0 Å². The number of hydrogen-bond acceptors (Lipinski definition) is 3. The number of nitrogens with one attached hydrogen (secondary N) is 1. The van der Waals surface area contributed by atoms with E-state index in [1.54, 1.807) is 0 Å². The van der Waals surface area contributed by atoms with Crippen LogP contribution in [0.25, 0.3) is 0 Å². The summed E-state index contributed by atoms with van der Waals surface area (Å²) in [4.78, 5) is 12.4. The lowest BCUT2D eigenvalue weighted by atomic mass is 9.91. The SMILES string of the molecule is CCc1nn(C)c(CC(=O)C2(C)CCCN2)c1Br. The highest BCUT2D eigenvalue weighted by molar-refractivity contribution is 9.10. The van der Waals surface area contributed by atoms with E-state index in [4.69, 9.17) is 0 Å². The van der Waals surface area contributed by atoms with Gasteiger partial charge in [-0.2, -0.15) is 5.10 Å². The molecule has 1 aromatic heterocycles. The van der Waals surface area contributed by atoms with E-state index in [0.717, 1.165) is 41.7 Å². The van der Waals surface area contributed by atoms with Crippen LogP contribution in [0.3, 0.4) is 0 Å². The average Bonchev–Trinajstić information content (AvgIpc) is 2.89. The van der Waals surface area contributed by atoms with Gasteiger partial charge in [-0.05, 0) is 48.7 Å². The Balaban J connectivity index is 2.19. The molecule has 0 saturated carbocycles. The van der Waals surface area contributed by atoms with Gasteiger partial charge >= 0.3 is 0 Å². The normalized spacial score (nSPS) is 23.6. The van der Waals surface area contributed by atoms with Crippen LogP contribution in [-0.4, -0.2) is 27.6 Å². The Kier molecular flexibility index (Phi) is 3.92. The molecule has 5 heteroatoms. The second-order valence-corrected chi connectivity index (χ2v) is 5.94. The number of halogens is 1. The fourth-order valence-corrected chi connectivity index (χ4v) is 3.25. The number of Topliss-reactive ketones (excluding diaryl/α,β-unsaturated/α-hetero) is 1. The van der Waals surface area contributed by atoms with Gasteiger partial charge in [0.05, 0.1) is 27.8 Å². The maximum atomic E-state index is 12.4. The van der Waals surface area contributed by atoms with Crippen molar-refractivity contribution in [3.8, 4) is 0 Å². The van der Waals surface area contributed by atoms with Crippen molar-refractivity contribution in [1.82, 2.24) is 15.1 Å². The summed E-state index contributed by atoms with van der Waals surface area (Å²) in [6.45, 7) is 5.01. The maximum Gasteiger partial charge on any atom is 0.158 e. The Labute approximate surface area is 116 Å². The molecule has 0 aromatic carbocycles. The Morgan fingerprint density at radius 3 is 2.83 bits per heavy atom. The Morgan fingerprint density at radius 2 is 2.33 bits per heavy atom. The van der Waals surface area contributed by atoms with Gasteiger partial charge in [0.1, 0.15) is 0 Å². The van der Waals surface area contributed by atoms with E-state index in [0.29, 0.717) is 6.42 Å². The van der Waals surface area contributed by atoms with E-state index in [2.05, 4.69) is 33.3 Å². The molecule has 1 saturated heterocycles. The standard InChI is InChI=1S/C13H20BrN3O/c1-4-9-12(14)10(17(3)16-9)8-11(18)13(2)6-5-7-15-13/h15H,4-8H2,1-3H3. The van der Waals surface area contributed by atoms with Gasteiger partial charge in [-0.25, -0.2) is 0 Å². The molecule has 1 aromatic rings. The minimum Gasteiger partial charge on any atom is -0.305 e. The number of ketones is 1. The summed E-state index contributed by atoms with van der Waals surface area (Å²) in [7, 11) is 1.90. The van der Waals surface area contributed by atoms with Gasteiger partial charge in [-0.15, -0.1) is 0 Å². The fraction of sp³-hybridized carbons (Fsp3) is 0.692. The summed E-state index contributed by atoms with van der Waals surface area (Å²) < 4.78 is 2.81. The fourth-order valence-electron chi connectivity index (χ4n) is 2.49. The smallest absolute Gasteiger partial charge is 0.158 e. The molecular formula is C13H20BrN3O. The van der Waals surface area contributed by atoms with Crippen molar-refractivity contribution in [2.75, 3.05) is 6.54 Å². The lowest BCUT2D eigenvalue weighted by Gasteiger charge is -2.22. The number of carbonyl (C=O) groups is 1. The van der Waals surface area contributed by atoms with Crippen LogP contribution in [0, 0.1) is 0 Å². The van der Waals surface area contributed by atoms with E-state index in [1.807, 2.05) is 18.7 Å². The molecule has 0 radical (unpaired) electrons. The predicted molar refractivity (Wildman–Crippen MR) is 74.6 cm³/mol. The zero-order chi connectivity index (χ0) is 13.3. The molecule has 4 nitrogen and oxygen atoms in total. The van der Waals surface area contributed by atoms with E-state index < -0.39 is 0 Å². The molecule has 100 valence electrons. The molecule has 1 unspecified atom stereocenters. The topological polar surface area (TPSA) is 46.9 Å². The largest absolute Gasteiger partial charge is 0.305 e. The number of rotatable bonds is 4. The Morgan fingerprint density at radius 1 is 1.61 bits per heavy atom. The Bertz CT molecular complexity index is 461. The number of aryl methyl sites for hydroxylation is 2. The van der Waals surface area contributed by atoms with Gasteiger partial charge in [0.15, 0.2) is 5.78 Å². The molecule has 0 amide bonds. The second kappa shape index (κ2) is 5.13. The highest BCUT2D eigenvalue weighted by Crippen LogP contribution is 2.26. The van der Waals surface area contributed by atoms with E-state index in [-0.39, 0.29) is 11.3 Å². The van der Waals surface area contributed by atoms with E-state index in [1.165, 1.54) is 0 Å². The minimum atomic E-state index is -0.351. The number of hydrogen-bond donors (Lipinski definition) is 1. The van der Waals surface area contributed by atoms with Gasteiger partial charge in [-0.3, -0.25) is 9.48 Å². The zero-order valence-electron chi connectivity index (χ0n) is 11.2.